The lowest BCUT2D eigenvalue weighted by Crippen LogP contribution is -2.53. The van der Waals surface area contributed by atoms with E-state index in [1.54, 1.807) is 6.07 Å². The number of hydrogen-bond donors (Lipinski definition) is 1. The number of ether oxygens (including phenoxy) is 2. The van der Waals surface area contributed by atoms with E-state index in [-0.39, 0.29) is 29.7 Å². The van der Waals surface area contributed by atoms with E-state index in [0.29, 0.717) is 39.9 Å². The van der Waals surface area contributed by atoms with Crippen molar-refractivity contribution < 1.29 is 27.4 Å². The molecule has 0 fully saturated rings. The summed E-state index contributed by atoms with van der Waals surface area (Å²) in [5.41, 5.74) is 6.46. The molecule has 1 amide bonds. The number of hydrogen-bond acceptors (Lipinski definition) is 6. The summed E-state index contributed by atoms with van der Waals surface area (Å²) in [6.45, 7) is 4.56. The molecule has 2 aromatic carbocycles. The number of rotatable bonds is 8. The molecule has 2 aliphatic rings. The minimum atomic E-state index is -1.15. The first-order valence-electron chi connectivity index (χ1n) is 11.8. The van der Waals surface area contributed by atoms with Crippen LogP contribution in [0.1, 0.15) is 31.4 Å². The summed E-state index contributed by atoms with van der Waals surface area (Å²) in [5.74, 6) is -2.41. The molecule has 2 aromatic rings. The van der Waals surface area contributed by atoms with Crippen molar-refractivity contribution in [3.05, 3.63) is 65.0 Å². The number of fused-ring (bicyclic) bond motifs is 2. The van der Waals surface area contributed by atoms with Crippen LogP contribution in [-0.2, 0) is 19.1 Å². The zero-order chi connectivity index (χ0) is 26.3. The van der Waals surface area contributed by atoms with Gasteiger partial charge in [-0.15, -0.1) is 0 Å². The maximum Gasteiger partial charge on any atom is 0.270 e. The zero-order valence-electron chi connectivity index (χ0n) is 20.5. The largest absolute Gasteiger partial charge is 0.382 e. The predicted octanol–water partition coefficient (Wildman–Crippen LogP) is 4.17. The van der Waals surface area contributed by atoms with Gasteiger partial charge in [-0.1, -0.05) is 40.3 Å². The minimum absolute atomic E-state index is 0.0579. The number of benzene rings is 2. The maximum absolute atomic E-state index is 14.7. The molecule has 2 N–H and O–H groups in total. The number of hydrazone groups is 1. The Hall–Kier alpha value is -1.97. The number of carbonyl (C=O) groups is 1. The zero-order valence-corrected chi connectivity index (χ0v) is 22.3. The number of carbonyl (C=O) groups excluding carboxylic acids is 1. The van der Waals surface area contributed by atoms with Gasteiger partial charge in [0.05, 0.1) is 13.2 Å². The van der Waals surface area contributed by atoms with Crippen molar-refractivity contribution in [2.24, 2.45) is 16.8 Å². The van der Waals surface area contributed by atoms with Crippen molar-refractivity contribution in [1.82, 2.24) is 5.01 Å². The molecule has 0 saturated carbocycles. The summed E-state index contributed by atoms with van der Waals surface area (Å²) in [5, 5.41) is 6.80. The van der Waals surface area contributed by atoms with Crippen LogP contribution in [0.4, 0.5) is 13.2 Å². The van der Waals surface area contributed by atoms with E-state index in [9.17, 15) is 18.0 Å². The molecule has 1 spiro atoms. The Labute approximate surface area is 215 Å². The molecular weight excluding hydrogens is 510 g/mol. The van der Waals surface area contributed by atoms with Gasteiger partial charge in [0.1, 0.15) is 34.0 Å². The molecule has 2 unspecified atom stereocenters. The fourth-order valence-electron chi connectivity index (χ4n) is 4.23. The van der Waals surface area contributed by atoms with Crippen molar-refractivity contribution >= 4 is 36.6 Å². The molecule has 0 aromatic heterocycles. The van der Waals surface area contributed by atoms with Crippen LogP contribution in [0.15, 0.2) is 41.5 Å². The van der Waals surface area contributed by atoms with Crippen molar-refractivity contribution in [1.29, 1.82) is 0 Å². The first-order chi connectivity index (χ1) is 17.4. The Kier molecular flexibility index (Phi) is 10.3. The molecular formula is C25H31F3N3O3PS. The highest BCUT2D eigenvalue weighted by molar-refractivity contribution is 8.15. The third-order valence-corrected chi connectivity index (χ3v) is 8.83. The van der Waals surface area contributed by atoms with E-state index in [0.717, 1.165) is 35.3 Å². The molecule has 0 radical (unpaired) electrons. The molecule has 3 atom stereocenters. The van der Waals surface area contributed by atoms with Crippen molar-refractivity contribution in [3.63, 3.8) is 0 Å². The first-order valence-corrected chi connectivity index (χ1v) is 13.8. The SMILES string of the molecule is CC.COCCOCC(=O)N1N=C(c2cc(F)ccc2F)S[C@@]12c1cc(F)ccc1PCC2CCN. The van der Waals surface area contributed by atoms with E-state index < -0.39 is 28.2 Å². The van der Waals surface area contributed by atoms with Gasteiger partial charge < -0.3 is 15.2 Å². The Bertz CT molecular complexity index is 1110. The van der Waals surface area contributed by atoms with Gasteiger partial charge in [0.2, 0.25) is 0 Å². The fraction of sp³-hybridized carbons (Fsp3) is 0.440. The number of halogens is 3. The Morgan fingerprint density at radius 2 is 1.92 bits per heavy atom. The molecule has 196 valence electrons. The van der Waals surface area contributed by atoms with Crippen LogP contribution in [0, 0.1) is 23.4 Å². The number of thioether (sulfide) groups is 1. The summed E-state index contributed by atoms with van der Waals surface area (Å²) in [6.07, 6.45) is 1.24. The fourth-order valence-corrected chi connectivity index (χ4v) is 7.65. The van der Waals surface area contributed by atoms with E-state index >= 15 is 0 Å². The average Bonchev–Trinajstić information content (AvgIpc) is 3.28. The standard InChI is InChI=1S/C23H25F3N3O3PS.C2H6/c1-31-8-9-32-12-21(30)29-23(34-22(28-29)17-10-15(24)2-4-19(17)26)14(6-7-27)13-33-20-5-3-16(25)11-18(20)23;1-2/h2-5,10-11,14,33H,6-9,12-13,27H2,1H3;1-2H3/t14?,23-;/m0./s1. The van der Waals surface area contributed by atoms with Gasteiger partial charge in [-0.2, -0.15) is 5.10 Å². The van der Waals surface area contributed by atoms with E-state index in [1.165, 1.54) is 24.3 Å². The lowest BCUT2D eigenvalue weighted by atomic mass is 9.89. The van der Waals surface area contributed by atoms with E-state index in [2.05, 4.69) is 5.10 Å². The molecule has 2 aliphatic heterocycles. The van der Waals surface area contributed by atoms with Crippen LogP contribution in [0.2, 0.25) is 0 Å². The highest BCUT2D eigenvalue weighted by Crippen LogP contribution is 2.57. The van der Waals surface area contributed by atoms with Crippen LogP contribution in [0.5, 0.6) is 0 Å². The maximum atomic E-state index is 14.7. The molecule has 2 heterocycles. The van der Waals surface area contributed by atoms with Gasteiger partial charge in [-0.3, -0.25) is 4.79 Å². The van der Waals surface area contributed by atoms with Crippen LogP contribution in [0.25, 0.3) is 0 Å². The highest BCUT2D eigenvalue weighted by Gasteiger charge is 2.56. The predicted molar refractivity (Wildman–Crippen MR) is 139 cm³/mol. The molecule has 6 nitrogen and oxygen atoms in total. The normalized spacial score (nSPS) is 21.2. The van der Waals surface area contributed by atoms with E-state index in [1.807, 2.05) is 13.8 Å². The van der Waals surface area contributed by atoms with Gasteiger partial charge >= 0.3 is 0 Å². The summed E-state index contributed by atoms with van der Waals surface area (Å²) in [6, 6.07) is 7.59. The van der Waals surface area contributed by atoms with Gasteiger partial charge in [0.15, 0.2) is 0 Å². The number of nitrogens with zero attached hydrogens (tertiary/aromatic N) is 2. The third-order valence-electron chi connectivity index (χ3n) is 5.79. The minimum Gasteiger partial charge on any atom is -0.382 e. The topological polar surface area (TPSA) is 77.2 Å². The quantitative estimate of drug-likeness (QED) is 0.401. The van der Waals surface area contributed by atoms with Gasteiger partial charge in [-0.05, 0) is 54.8 Å². The van der Waals surface area contributed by atoms with E-state index in [4.69, 9.17) is 15.2 Å². The lowest BCUT2D eigenvalue weighted by Gasteiger charge is -2.45. The van der Waals surface area contributed by atoms with Gasteiger partial charge in [-0.25, -0.2) is 18.2 Å². The van der Waals surface area contributed by atoms with Gasteiger partial charge in [0.25, 0.3) is 5.91 Å². The third kappa shape index (κ3) is 5.78. The number of amides is 1. The van der Waals surface area contributed by atoms with Crippen LogP contribution in [0.3, 0.4) is 0 Å². The van der Waals surface area contributed by atoms with Crippen LogP contribution in [-0.4, -0.2) is 55.6 Å². The Balaban J connectivity index is 0.00000176. The second-order valence-electron chi connectivity index (χ2n) is 7.92. The molecule has 4 rings (SSSR count). The summed E-state index contributed by atoms with van der Waals surface area (Å²) >= 11 is 1.14. The highest BCUT2D eigenvalue weighted by atomic mass is 32.2. The summed E-state index contributed by atoms with van der Waals surface area (Å²) < 4.78 is 53.6. The number of nitrogens with two attached hydrogens (primary N) is 1. The smallest absolute Gasteiger partial charge is 0.270 e. The van der Waals surface area contributed by atoms with Gasteiger partial charge in [0, 0.05) is 24.2 Å². The first kappa shape index (κ1) is 28.6. The number of methoxy groups -OCH3 is 1. The second kappa shape index (κ2) is 13.0. The Morgan fingerprint density at radius 3 is 2.64 bits per heavy atom. The molecule has 0 saturated heterocycles. The van der Waals surface area contributed by atoms with Crippen molar-refractivity contribution in [3.8, 4) is 0 Å². The van der Waals surface area contributed by atoms with Crippen molar-refractivity contribution in [2.75, 3.05) is 39.6 Å². The molecule has 36 heavy (non-hydrogen) atoms. The monoisotopic (exact) mass is 541 g/mol. The van der Waals surface area contributed by atoms with Crippen molar-refractivity contribution in [2.45, 2.75) is 25.1 Å². The molecule has 0 aliphatic carbocycles. The summed E-state index contributed by atoms with van der Waals surface area (Å²) in [7, 11) is 1.91. The average molecular weight is 542 g/mol. The molecule has 11 heteroatoms. The van der Waals surface area contributed by atoms with Crippen LogP contribution >= 0.6 is 20.3 Å². The summed E-state index contributed by atoms with van der Waals surface area (Å²) in [4.78, 5) is 12.2. The molecule has 0 bridgehead atoms. The second-order valence-corrected chi connectivity index (χ2v) is 10.4. The lowest BCUT2D eigenvalue weighted by molar-refractivity contribution is -0.141. The Morgan fingerprint density at radius 1 is 1.19 bits per heavy atom. The van der Waals surface area contributed by atoms with Crippen LogP contribution < -0.4 is 11.0 Å².